The van der Waals surface area contributed by atoms with Crippen molar-refractivity contribution in [2.75, 3.05) is 6.54 Å². The van der Waals surface area contributed by atoms with Crippen LogP contribution in [-0.2, 0) is 0 Å². The van der Waals surface area contributed by atoms with Gasteiger partial charge in [-0.3, -0.25) is 9.97 Å². The highest BCUT2D eigenvalue weighted by molar-refractivity contribution is 9.10. The Bertz CT molecular complexity index is 519. The second-order valence-electron chi connectivity index (χ2n) is 3.76. The van der Waals surface area contributed by atoms with Crippen LogP contribution in [0.3, 0.4) is 0 Å². The Morgan fingerprint density at radius 1 is 1.39 bits per heavy atom. The van der Waals surface area contributed by atoms with Crippen molar-refractivity contribution < 1.29 is 0 Å². The lowest BCUT2D eigenvalue weighted by molar-refractivity contribution is 0.612. The van der Waals surface area contributed by atoms with Crippen molar-refractivity contribution >= 4 is 27.5 Å². The zero-order chi connectivity index (χ0) is 13.0. The largest absolute Gasteiger partial charge is 0.305 e. The van der Waals surface area contributed by atoms with Crippen LogP contribution in [0.15, 0.2) is 41.3 Å². The number of hydrogen-bond donors (Lipinski definition) is 1. The summed E-state index contributed by atoms with van der Waals surface area (Å²) in [7, 11) is 0. The minimum absolute atomic E-state index is 0.0475. The molecule has 18 heavy (non-hydrogen) atoms. The van der Waals surface area contributed by atoms with Crippen molar-refractivity contribution in [1.29, 1.82) is 0 Å². The van der Waals surface area contributed by atoms with Gasteiger partial charge in [-0.05, 0) is 34.1 Å². The third-order valence-corrected chi connectivity index (χ3v) is 3.89. The summed E-state index contributed by atoms with van der Waals surface area (Å²) in [5.41, 5.74) is 1.85. The van der Waals surface area contributed by atoms with Gasteiger partial charge in [0, 0.05) is 16.9 Å². The summed E-state index contributed by atoms with van der Waals surface area (Å²) in [6.07, 6.45) is 5.10. The highest BCUT2D eigenvalue weighted by Gasteiger charge is 2.18. The average molecular weight is 327 g/mol. The first kappa shape index (κ1) is 13.5. The third-order valence-electron chi connectivity index (χ3n) is 2.58. The molecule has 1 atom stereocenters. The summed E-state index contributed by atoms with van der Waals surface area (Å²) in [6, 6.07) is 5.83. The molecule has 0 spiro atoms. The van der Waals surface area contributed by atoms with Crippen molar-refractivity contribution in [3.8, 4) is 0 Å². The fourth-order valence-electron chi connectivity index (χ4n) is 1.78. The van der Waals surface area contributed by atoms with Gasteiger partial charge in [-0.1, -0.05) is 30.7 Å². The van der Waals surface area contributed by atoms with E-state index in [1.54, 1.807) is 18.6 Å². The summed E-state index contributed by atoms with van der Waals surface area (Å²) in [4.78, 5) is 8.45. The monoisotopic (exact) mass is 325 g/mol. The zero-order valence-electron chi connectivity index (χ0n) is 9.90. The van der Waals surface area contributed by atoms with Crippen molar-refractivity contribution in [2.24, 2.45) is 0 Å². The minimum Gasteiger partial charge on any atom is -0.305 e. The van der Waals surface area contributed by atoms with Gasteiger partial charge in [-0.25, -0.2) is 0 Å². The number of benzene rings is 1. The smallest absolute Gasteiger partial charge is 0.0802 e. The molecule has 0 amide bonds. The maximum absolute atomic E-state index is 6.34. The Hall–Kier alpha value is -0.970. The van der Waals surface area contributed by atoms with E-state index < -0.39 is 0 Å². The van der Waals surface area contributed by atoms with Gasteiger partial charge < -0.3 is 5.32 Å². The average Bonchev–Trinajstić information content (AvgIpc) is 2.41. The van der Waals surface area contributed by atoms with Gasteiger partial charge in [-0.15, -0.1) is 0 Å². The Morgan fingerprint density at radius 3 is 2.89 bits per heavy atom. The molecule has 0 saturated carbocycles. The van der Waals surface area contributed by atoms with E-state index in [1.807, 2.05) is 18.2 Å². The molecule has 0 aliphatic rings. The molecule has 1 N–H and O–H groups in total. The molecule has 0 radical (unpaired) electrons. The SMILES string of the molecule is CCNC(c1cnccn1)c1cccc(Br)c1Cl. The van der Waals surface area contributed by atoms with Gasteiger partial charge in [0.15, 0.2) is 0 Å². The lowest BCUT2D eigenvalue weighted by Crippen LogP contribution is -2.23. The summed E-state index contributed by atoms with van der Waals surface area (Å²) >= 11 is 9.78. The van der Waals surface area contributed by atoms with Crippen LogP contribution in [0.5, 0.6) is 0 Å². The van der Waals surface area contributed by atoms with E-state index in [9.17, 15) is 0 Å². The van der Waals surface area contributed by atoms with Gasteiger partial charge >= 0.3 is 0 Å². The molecule has 0 fully saturated rings. The van der Waals surface area contributed by atoms with Crippen LogP contribution in [-0.4, -0.2) is 16.5 Å². The summed E-state index contributed by atoms with van der Waals surface area (Å²) in [5.74, 6) is 0. The van der Waals surface area contributed by atoms with Crippen LogP contribution in [0.2, 0.25) is 5.02 Å². The molecule has 3 nitrogen and oxygen atoms in total. The zero-order valence-corrected chi connectivity index (χ0v) is 12.2. The molecular formula is C13H13BrClN3. The van der Waals surface area contributed by atoms with Crippen LogP contribution in [0.25, 0.3) is 0 Å². The number of halogens is 2. The molecule has 1 aromatic heterocycles. The van der Waals surface area contributed by atoms with E-state index in [1.165, 1.54) is 0 Å². The maximum Gasteiger partial charge on any atom is 0.0802 e. The molecule has 2 rings (SSSR count). The van der Waals surface area contributed by atoms with E-state index in [2.05, 4.69) is 38.1 Å². The lowest BCUT2D eigenvalue weighted by atomic mass is 10.0. The molecule has 2 aromatic rings. The van der Waals surface area contributed by atoms with Crippen molar-refractivity contribution in [3.63, 3.8) is 0 Å². The predicted octanol–water partition coefficient (Wildman–Crippen LogP) is 3.59. The molecule has 1 unspecified atom stereocenters. The number of hydrogen-bond acceptors (Lipinski definition) is 3. The fraction of sp³-hybridized carbons (Fsp3) is 0.231. The van der Waals surface area contributed by atoms with E-state index in [-0.39, 0.29) is 6.04 Å². The molecule has 0 saturated heterocycles. The van der Waals surface area contributed by atoms with E-state index in [0.29, 0.717) is 5.02 Å². The van der Waals surface area contributed by atoms with Gasteiger partial charge in [0.1, 0.15) is 0 Å². The topological polar surface area (TPSA) is 37.8 Å². The van der Waals surface area contributed by atoms with Crippen LogP contribution in [0, 0.1) is 0 Å². The number of nitrogens with one attached hydrogen (secondary N) is 1. The van der Waals surface area contributed by atoms with Crippen LogP contribution in [0.1, 0.15) is 24.2 Å². The second-order valence-corrected chi connectivity index (χ2v) is 5.00. The summed E-state index contributed by atoms with van der Waals surface area (Å²) < 4.78 is 0.883. The predicted molar refractivity (Wildman–Crippen MR) is 76.7 cm³/mol. The molecule has 0 aliphatic carbocycles. The van der Waals surface area contributed by atoms with Gasteiger partial charge in [0.05, 0.1) is 23.0 Å². The highest BCUT2D eigenvalue weighted by atomic mass is 79.9. The molecular weight excluding hydrogens is 314 g/mol. The second kappa shape index (κ2) is 6.27. The number of rotatable bonds is 4. The van der Waals surface area contributed by atoms with E-state index >= 15 is 0 Å². The molecule has 94 valence electrons. The van der Waals surface area contributed by atoms with Gasteiger partial charge in [0.25, 0.3) is 0 Å². The normalized spacial score (nSPS) is 12.4. The lowest BCUT2D eigenvalue weighted by Gasteiger charge is -2.19. The number of nitrogens with zero attached hydrogens (tertiary/aromatic N) is 2. The first-order chi connectivity index (χ1) is 8.74. The summed E-state index contributed by atoms with van der Waals surface area (Å²) in [5, 5.41) is 4.08. The first-order valence-electron chi connectivity index (χ1n) is 5.67. The van der Waals surface area contributed by atoms with E-state index in [4.69, 9.17) is 11.6 Å². The van der Waals surface area contributed by atoms with Crippen LogP contribution in [0.4, 0.5) is 0 Å². The molecule has 0 bridgehead atoms. The number of aromatic nitrogens is 2. The van der Waals surface area contributed by atoms with Crippen LogP contribution < -0.4 is 5.32 Å². The maximum atomic E-state index is 6.34. The highest BCUT2D eigenvalue weighted by Crippen LogP contribution is 2.32. The quantitative estimate of drug-likeness (QED) is 0.933. The molecule has 1 aromatic carbocycles. The molecule has 0 aliphatic heterocycles. The third kappa shape index (κ3) is 2.88. The first-order valence-corrected chi connectivity index (χ1v) is 6.84. The Labute approximate surface area is 120 Å². The van der Waals surface area contributed by atoms with Crippen molar-refractivity contribution in [1.82, 2.24) is 15.3 Å². The minimum atomic E-state index is -0.0475. The van der Waals surface area contributed by atoms with Crippen molar-refractivity contribution in [2.45, 2.75) is 13.0 Å². The van der Waals surface area contributed by atoms with Gasteiger partial charge in [-0.2, -0.15) is 0 Å². The standard InChI is InChI=1S/C13H13BrClN3/c1-2-17-13(11-8-16-6-7-18-11)9-4-3-5-10(14)12(9)15/h3-8,13,17H,2H2,1H3. The Balaban J connectivity index is 2.45. The van der Waals surface area contributed by atoms with E-state index in [0.717, 1.165) is 22.3 Å². The summed E-state index contributed by atoms with van der Waals surface area (Å²) in [6.45, 7) is 2.87. The Kier molecular flexibility index (Phi) is 4.69. The Morgan fingerprint density at radius 2 is 2.22 bits per heavy atom. The van der Waals surface area contributed by atoms with Crippen molar-refractivity contribution in [3.05, 3.63) is 57.5 Å². The fourth-order valence-corrected chi connectivity index (χ4v) is 2.40. The van der Waals surface area contributed by atoms with Gasteiger partial charge in [0.2, 0.25) is 0 Å². The molecule has 1 heterocycles. The molecule has 5 heteroatoms. The van der Waals surface area contributed by atoms with Crippen LogP contribution >= 0.6 is 27.5 Å².